The highest BCUT2D eigenvalue weighted by atomic mass is 19.1. The predicted molar refractivity (Wildman–Crippen MR) is 83.8 cm³/mol. The number of halogens is 1. The summed E-state index contributed by atoms with van der Waals surface area (Å²) in [5.74, 6) is 0.00470. The Morgan fingerprint density at radius 2 is 2.18 bits per heavy atom. The molecule has 1 atom stereocenters. The smallest absolute Gasteiger partial charge is 0.220 e. The summed E-state index contributed by atoms with van der Waals surface area (Å²) in [7, 11) is 0. The molecule has 22 heavy (non-hydrogen) atoms. The van der Waals surface area contributed by atoms with E-state index in [9.17, 15) is 14.3 Å². The first kappa shape index (κ1) is 16.9. The molecule has 0 bridgehead atoms. The van der Waals surface area contributed by atoms with Gasteiger partial charge in [0.05, 0.1) is 6.10 Å². The first-order valence-corrected chi connectivity index (χ1v) is 8.01. The van der Waals surface area contributed by atoms with E-state index in [2.05, 4.69) is 17.1 Å². The second kappa shape index (κ2) is 8.25. The van der Waals surface area contributed by atoms with E-state index in [0.717, 1.165) is 32.5 Å². The summed E-state index contributed by atoms with van der Waals surface area (Å²) in [6.45, 7) is 5.45. The van der Waals surface area contributed by atoms with Crippen LogP contribution < -0.4 is 5.32 Å². The van der Waals surface area contributed by atoms with Crippen molar-refractivity contribution < 1.29 is 14.3 Å². The molecule has 1 aliphatic rings. The maximum absolute atomic E-state index is 13.1. The Balaban J connectivity index is 1.71. The van der Waals surface area contributed by atoms with Crippen molar-refractivity contribution >= 4 is 5.91 Å². The molecule has 0 aliphatic carbocycles. The van der Waals surface area contributed by atoms with Gasteiger partial charge in [0.2, 0.25) is 5.91 Å². The first-order chi connectivity index (χ1) is 10.6. The third-order valence-corrected chi connectivity index (χ3v) is 4.35. The second-order valence-electron chi connectivity index (χ2n) is 5.96. The van der Waals surface area contributed by atoms with Crippen molar-refractivity contribution in [2.45, 2.75) is 32.3 Å². The number of hydrogen-bond donors (Lipinski definition) is 2. The summed E-state index contributed by atoms with van der Waals surface area (Å²) in [4.78, 5) is 14.3. The molecule has 1 amide bonds. The fourth-order valence-electron chi connectivity index (χ4n) is 2.88. The highest BCUT2D eigenvalue weighted by Crippen LogP contribution is 2.20. The minimum Gasteiger partial charge on any atom is -0.387 e. The van der Waals surface area contributed by atoms with Crippen molar-refractivity contribution in [2.75, 3.05) is 26.2 Å². The lowest BCUT2D eigenvalue weighted by Crippen LogP contribution is -2.36. The highest BCUT2D eigenvalue weighted by molar-refractivity contribution is 5.76. The topological polar surface area (TPSA) is 52.6 Å². The summed E-state index contributed by atoms with van der Waals surface area (Å²) < 4.78 is 13.1. The number of likely N-dealkylation sites (tertiary alicyclic amines) is 1. The third-order valence-electron chi connectivity index (χ3n) is 4.35. The average molecular weight is 308 g/mol. The molecule has 1 aromatic rings. The molecular formula is C17H25FN2O2. The maximum atomic E-state index is 13.1. The number of piperidine rings is 1. The minimum atomic E-state index is -0.874. The third kappa shape index (κ3) is 5.07. The normalized spacial score (nSPS) is 18.1. The van der Waals surface area contributed by atoms with Crippen LogP contribution in [0, 0.1) is 11.7 Å². The van der Waals surface area contributed by atoms with Crippen LogP contribution in [-0.4, -0.2) is 42.1 Å². The molecule has 1 fully saturated rings. The minimum absolute atomic E-state index is 0.0367. The maximum Gasteiger partial charge on any atom is 0.220 e. The zero-order valence-corrected chi connectivity index (χ0v) is 13.1. The van der Waals surface area contributed by atoms with Gasteiger partial charge in [-0.3, -0.25) is 4.79 Å². The second-order valence-corrected chi connectivity index (χ2v) is 5.96. The molecule has 2 N–H and O–H groups in total. The zero-order valence-electron chi connectivity index (χ0n) is 13.1. The Bertz CT molecular complexity index is 487. The van der Waals surface area contributed by atoms with Crippen molar-refractivity contribution in [3.05, 3.63) is 35.6 Å². The fraction of sp³-hybridized carbons (Fsp3) is 0.588. The molecule has 5 heteroatoms. The van der Waals surface area contributed by atoms with Gasteiger partial charge in [-0.2, -0.15) is 0 Å². The van der Waals surface area contributed by atoms with Crippen LogP contribution in [0.3, 0.4) is 0 Å². The lowest BCUT2D eigenvalue weighted by atomic mass is 9.93. The van der Waals surface area contributed by atoms with Gasteiger partial charge in [0.15, 0.2) is 0 Å². The number of hydrogen-bond acceptors (Lipinski definition) is 3. The quantitative estimate of drug-likeness (QED) is 0.846. The number of carbonyl (C=O) groups is 1. The predicted octanol–water partition coefficient (Wildman–Crippen LogP) is 2.10. The SMILES string of the molecule is CCN1CCC(CC(=O)NCC(O)c2cccc(F)c2)CC1. The van der Waals surface area contributed by atoms with Gasteiger partial charge in [0.1, 0.15) is 5.82 Å². The monoisotopic (exact) mass is 308 g/mol. The number of amides is 1. The molecule has 1 aliphatic heterocycles. The molecule has 0 saturated carbocycles. The molecule has 0 radical (unpaired) electrons. The van der Waals surface area contributed by atoms with Crippen molar-refractivity contribution in [1.82, 2.24) is 10.2 Å². The summed E-state index contributed by atoms with van der Waals surface area (Å²) in [6.07, 6.45) is 1.73. The Labute approximate surface area is 131 Å². The molecule has 1 heterocycles. The van der Waals surface area contributed by atoms with E-state index in [1.165, 1.54) is 12.1 Å². The molecule has 0 spiro atoms. The lowest BCUT2D eigenvalue weighted by Gasteiger charge is -2.30. The van der Waals surface area contributed by atoms with E-state index in [0.29, 0.717) is 17.9 Å². The number of aliphatic hydroxyl groups is 1. The first-order valence-electron chi connectivity index (χ1n) is 8.01. The van der Waals surface area contributed by atoms with Crippen LogP contribution in [0.1, 0.15) is 37.9 Å². The van der Waals surface area contributed by atoms with Crippen molar-refractivity contribution in [2.24, 2.45) is 5.92 Å². The molecule has 1 saturated heterocycles. The van der Waals surface area contributed by atoms with E-state index >= 15 is 0 Å². The van der Waals surface area contributed by atoms with Crippen molar-refractivity contribution in [3.63, 3.8) is 0 Å². The largest absolute Gasteiger partial charge is 0.387 e. The van der Waals surface area contributed by atoms with Crippen LogP contribution in [0.2, 0.25) is 0 Å². The number of nitrogens with zero attached hydrogens (tertiary/aromatic N) is 1. The fourth-order valence-corrected chi connectivity index (χ4v) is 2.88. The van der Waals surface area contributed by atoms with Crippen LogP contribution in [-0.2, 0) is 4.79 Å². The Morgan fingerprint density at radius 3 is 2.82 bits per heavy atom. The van der Waals surface area contributed by atoms with Gasteiger partial charge in [0, 0.05) is 13.0 Å². The standard InChI is InChI=1S/C17H25FN2O2/c1-2-20-8-6-13(7-9-20)10-17(22)19-12-16(21)14-4-3-5-15(18)11-14/h3-5,11,13,16,21H,2,6-10,12H2,1H3,(H,19,22). The van der Waals surface area contributed by atoms with Gasteiger partial charge < -0.3 is 15.3 Å². The molecular weight excluding hydrogens is 283 g/mol. The summed E-state index contributed by atoms with van der Waals surface area (Å²) in [5.41, 5.74) is 0.483. The van der Waals surface area contributed by atoms with E-state index in [1.807, 2.05) is 0 Å². The number of nitrogens with one attached hydrogen (secondary N) is 1. The van der Waals surface area contributed by atoms with E-state index in [4.69, 9.17) is 0 Å². The van der Waals surface area contributed by atoms with E-state index < -0.39 is 6.10 Å². The van der Waals surface area contributed by atoms with Crippen LogP contribution in [0.4, 0.5) is 4.39 Å². The van der Waals surface area contributed by atoms with Crippen LogP contribution in [0.25, 0.3) is 0 Å². The van der Waals surface area contributed by atoms with Gasteiger partial charge >= 0.3 is 0 Å². The lowest BCUT2D eigenvalue weighted by molar-refractivity contribution is -0.122. The highest BCUT2D eigenvalue weighted by Gasteiger charge is 2.20. The molecule has 1 aromatic carbocycles. The van der Waals surface area contributed by atoms with Crippen LogP contribution >= 0.6 is 0 Å². The van der Waals surface area contributed by atoms with Gasteiger partial charge in [0.25, 0.3) is 0 Å². The van der Waals surface area contributed by atoms with Gasteiger partial charge in [-0.25, -0.2) is 4.39 Å². The van der Waals surface area contributed by atoms with Crippen molar-refractivity contribution in [1.29, 1.82) is 0 Å². The van der Waals surface area contributed by atoms with E-state index in [1.54, 1.807) is 12.1 Å². The van der Waals surface area contributed by atoms with Crippen molar-refractivity contribution in [3.8, 4) is 0 Å². The Kier molecular flexibility index (Phi) is 6.34. The molecule has 1 unspecified atom stereocenters. The van der Waals surface area contributed by atoms with Gasteiger partial charge in [-0.05, 0) is 56.1 Å². The van der Waals surface area contributed by atoms with Gasteiger partial charge in [-0.1, -0.05) is 19.1 Å². The molecule has 2 rings (SSSR count). The number of rotatable bonds is 6. The molecule has 0 aromatic heterocycles. The molecule has 122 valence electrons. The van der Waals surface area contributed by atoms with Crippen LogP contribution in [0.15, 0.2) is 24.3 Å². The summed E-state index contributed by atoms with van der Waals surface area (Å²) in [5, 5.41) is 12.7. The average Bonchev–Trinajstić information content (AvgIpc) is 2.53. The number of benzene rings is 1. The summed E-state index contributed by atoms with van der Waals surface area (Å²) >= 11 is 0. The van der Waals surface area contributed by atoms with Crippen LogP contribution in [0.5, 0.6) is 0 Å². The number of aliphatic hydroxyl groups excluding tert-OH is 1. The molecule has 4 nitrogen and oxygen atoms in total. The van der Waals surface area contributed by atoms with E-state index in [-0.39, 0.29) is 18.3 Å². The number of carbonyl (C=O) groups excluding carboxylic acids is 1. The summed E-state index contributed by atoms with van der Waals surface area (Å²) in [6, 6.07) is 5.83. The Hall–Kier alpha value is -1.46. The van der Waals surface area contributed by atoms with Gasteiger partial charge in [-0.15, -0.1) is 0 Å². The Morgan fingerprint density at radius 1 is 1.45 bits per heavy atom. The zero-order chi connectivity index (χ0) is 15.9.